The molecular formula is C32H38N6. The zero-order chi connectivity index (χ0) is 25.5. The maximum Gasteiger partial charge on any atom is 0.225 e. The van der Waals surface area contributed by atoms with E-state index in [0.717, 1.165) is 37.4 Å². The second kappa shape index (κ2) is 9.81. The Bertz CT molecular complexity index is 1360. The lowest BCUT2D eigenvalue weighted by molar-refractivity contribution is 0.0937. The smallest absolute Gasteiger partial charge is 0.225 e. The van der Waals surface area contributed by atoms with Crippen molar-refractivity contribution in [2.45, 2.75) is 75.4 Å². The van der Waals surface area contributed by atoms with Gasteiger partial charge in [0.25, 0.3) is 0 Å². The van der Waals surface area contributed by atoms with Crippen molar-refractivity contribution >= 4 is 17.0 Å². The number of piperidine rings is 2. The van der Waals surface area contributed by atoms with Gasteiger partial charge < -0.3 is 9.47 Å². The first kappa shape index (κ1) is 23.8. The summed E-state index contributed by atoms with van der Waals surface area (Å²) in [6.45, 7) is 5.41. The Morgan fingerprint density at radius 2 is 1.50 bits per heavy atom. The van der Waals surface area contributed by atoms with Gasteiger partial charge in [-0.3, -0.25) is 4.90 Å². The van der Waals surface area contributed by atoms with Crippen molar-refractivity contribution in [1.82, 2.24) is 24.4 Å². The van der Waals surface area contributed by atoms with Gasteiger partial charge in [0.15, 0.2) is 0 Å². The summed E-state index contributed by atoms with van der Waals surface area (Å²) < 4.78 is 2.55. The van der Waals surface area contributed by atoms with E-state index in [-0.39, 0.29) is 5.41 Å². The second-order valence-corrected chi connectivity index (χ2v) is 11.7. The number of anilines is 1. The van der Waals surface area contributed by atoms with Crippen LogP contribution in [-0.2, 0) is 5.41 Å². The van der Waals surface area contributed by atoms with Crippen molar-refractivity contribution < 1.29 is 0 Å². The van der Waals surface area contributed by atoms with E-state index < -0.39 is 0 Å². The van der Waals surface area contributed by atoms with Crippen LogP contribution in [0.2, 0.25) is 0 Å². The minimum Gasteiger partial charge on any atom is -0.341 e. The highest BCUT2D eigenvalue weighted by atomic mass is 15.3. The quantitative estimate of drug-likeness (QED) is 0.324. The second-order valence-electron chi connectivity index (χ2n) is 11.7. The van der Waals surface area contributed by atoms with Gasteiger partial charge in [-0.1, -0.05) is 42.5 Å². The van der Waals surface area contributed by atoms with Crippen LogP contribution in [0.4, 0.5) is 5.95 Å². The number of fused-ring (bicyclic) bond motifs is 3. The Hall–Kier alpha value is -3.25. The number of nitrogens with zero attached hydrogens (tertiary/aromatic N) is 6. The van der Waals surface area contributed by atoms with Gasteiger partial charge in [-0.2, -0.15) is 0 Å². The van der Waals surface area contributed by atoms with Gasteiger partial charge in [0, 0.05) is 43.6 Å². The highest BCUT2D eigenvalue weighted by Crippen LogP contribution is 2.45. The van der Waals surface area contributed by atoms with Crippen LogP contribution in [-0.4, -0.2) is 56.1 Å². The molecule has 5 heterocycles. The monoisotopic (exact) mass is 506 g/mol. The number of aromatic nitrogens is 4. The standard InChI is InChI=1S/C32H38N6/c1-24-35-29-10-5-6-11-30(29)38(24)28-22-26-12-13-27(23-28)37(26)21-16-32(25-8-3-2-4-9-25)14-19-36(20-15-32)31-33-17-7-18-34-31/h2-11,17-18,26-28H,12-16,19-23H2,1H3. The summed E-state index contributed by atoms with van der Waals surface area (Å²) in [6.07, 6.45) is 12.4. The number of hydrogen-bond acceptors (Lipinski definition) is 5. The Labute approximate surface area is 225 Å². The fourth-order valence-corrected chi connectivity index (χ4v) is 7.85. The summed E-state index contributed by atoms with van der Waals surface area (Å²) in [5.41, 5.74) is 4.17. The molecule has 196 valence electrons. The first-order valence-electron chi connectivity index (χ1n) is 14.5. The maximum atomic E-state index is 4.88. The van der Waals surface area contributed by atoms with Crippen molar-refractivity contribution in [1.29, 1.82) is 0 Å². The average molecular weight is 507 g/mol. The van der Waals surface area contributed by atoms with E-state index in [2.05, 4.69) is 85.9 Å². The number of imidazole rings is 1. The van der Waals surface area contributed by atoms with Crippen LogP contribution in [0.15, 0.2) is 73.1 Å². The molecule has 2 bridgehead atoms. The van der Waals surface area contributed by atoms with Crippen molar-refractivity contribution in [2.24, 2.45) is 0 Å². The summed E-state index contributed by atoms with van der Waals surface area (Å²) in [6, 6.07) is 23.8. The van der Waals surface area contributed by atoms with Crippen LogP contribution in [0.25, 0.3) is 11.0 Å². The van der Waals surface area contributed by atoms with E-state index in [1.165, 1.54) is 55.6 Å². The largest absolute Gasteiger partial charge is 0.341 e. The molecule has 4 aromatic rings. The topological polar surface area (TPSA) is 50.1 Å². The molecule has 2 unspecified atom stereocenters. The van der Waals surface area contributed by atoms with Gasteiger partial charge in [-0.15, -0.1) is 0 Å². The van der Waals surface area contributed by atoms with Crippen LogP contribution in [0, 0.1) is 6.92 Å². The Morgan fingerprint density at radius 3 is 2.24 bits per heavy atom. The lowest BCUT2D eigenvalue weighted by Gasteiger charge is -2.45. The molecule has 0 spiro atoms. The third-order valence-electron chi connectivity index (χ3n) is 9.79. The molecule has 0 N–H and O–H groups in total. The zero-order valence-corrected chi connectivity index (χ0v) is 22.4. The lowest BCUT2D eigenvalue weighted by Crippen LogP contribution is -2.48. The van der Waals surface area contributed by atoms with Crippen LogP contribution in [0.1, 0.15) is 62.4 Å². The molecule has 0 saturated carbocycles. The molecule has 3 saturated heterocycles. The van der Waals surface area contributed by atoms with E-state index in [1.807, 2.05) is 18.5 Å². The molecule has 0 radical (unpaired) electrons. The number of para-hydroxylation sites is 2. The van der Waals surface area contributed by atoms with Gasteiger partial charge in [0.2, 0.25) is 5.95 Å². The van der Waals surface area contributed by atoms with Crippen LogP contribution in [0.5, 0.6) is 0 Å². The molecule has 3 aliphatic heterocycles. The molecule has 38 heavy (non-hydrogen) atoms. The number of aryl methyl sites for hydroxylation is 1. The van der Waals surface area contributed by atoms with E-state index in [0.29, 0.717) is 18.1 Å². The minimum atomic E-state index is 0.222. The third-order valence-corrected chi connectivity index (χ3v) is 9.79. The fourth-order valence-electron chi connectivity index (χ4n) is 7.85. The molecule has 7 rings (SSSR count). The highest BCUT2D eigenvalue weighted by Gasteiger charge is 2.44. The van der Waals surface area contributed by atoms with E-state index in [1.54, 1.807) is 0 Å². The van der Waals surface area contributed by atoms with Gasteiger partial charge in [-0.25, -0.2) is 15.0 Å². The maximum absolute atomic E-state index is 4.88. The Kier molecular flexibility index (Phi) is 6.15. The predicted molar refractivity (Wildman–Crippen MR) is 152 cm³/mol. The molecule has 3 aliphatic rings. The molecule has 2 aromatic carbocycles. The molecular weight excluding hydrogens is 468 g/mol. The molecule has 3 fully saturated rings. The molecule has 0 amide bonds. The van der Waals surface area contributed by atoms with Crippen molar-refractivity contribution in [3.05, 3.63) is 84.4 Å². The first-order valence-corrected chi connectivity index (χ1v) is 14.5. The minimum absolute atomic E-state index is 0.222. The molecule has 6 heteroatoms. The van der Waals surface area contributed by atoms with E-state index in [4.69, 9.17) is 4.98 Å². The number of benzene rings is 2. The molecule has 2 aromatic heterocycles. The summed E-state index contributed by atoms with van der Waals surface area (Å²) in [4.78, 5) is 19.2. The summed E-state index contributed by atoms with van der Waals surface area (Å²) in [5.74, 6) is 2.04. The van der Waals surface area contributed by atoms with E-state index in [9.17, 15) is 0 Å². The summed E-state index contributed by atoms with van der Waals surface area (Å²) in [7, 11) is 0. The molecule has 6 nitrogen and oxygen atoms in total. The normalized spacial score (nSPS) is 25.2. The lowest BCUT2D eigenvalue weighted by atomic mass is 9.70. The SMILES string of the molecule is Cc1nc2ccccc2n1C1CC2CCC(C1)N2CCC1(c2ccccc2)CCN(c2ncccn2)CC1. The number of rotatable bonds is 6. The highest BCUT2D eigenvalue weighted by molar-refractivity contribution is 5.76. The van der Waals surface area contributed by atoms with Crippen molar-refractivity contribution in [3.8, 4) is 0 Å². The fraction of sp³-hybridized carbons (Fsp3) is 0.469. The van der Waals surface area contributed by atoms with Crippen molar-refractivity contribution in [3.63, 3.8) is 0 Å². The molecule has 2 atom stereocenters. The average Bonchev–Trinajstić information content (AvgIpc) is 3.43. The first-order chi connectivity index (χ1) is 18.7. The molecule has 0 aliphatic carbocycles. The predicted octanol–water partition coefficient (Wildman–Crippen LogP) is 5.93. The van der Waals surface area contributed by atoms with Crippen LogP contribution < -0.4 is 4.90 Å². The Balaban J connectivity index is 1.08. The van der Waals surface area contributed by atoms with Gasteiger partial charge in [0.1, 0.15) is 5.82 Å². The van der Waals surface area contributed by atoms with Gasteiger partial charge in [-0.05, 0) is 87.6 Å². The van der Waals surface area contributed by atoms with E-state index >= 15 is 0 Å². The van der Waals surface area contributed by atoms with Crippen LogP contribution >= 0.6 is 0 Å². The van der Waals surface area contributed by atoms with Gasteiger partial charge in [0.05, 0.1) is 11.0 Å². The number of hydrogen-bond donors (Lipinski definition) is 0. The van der Waals surface area contributed by atoms with Crippen molar-refractivity contribution in [2.75, 3.05) is 24.5 Å². The zero-order valence-electron chi connectivity index (χ0n) is 22.4. The summed E-state index contributed by atoms with van der Waals surface area (Å²) >= 11 is 0. The third kappa shape index (κ3) is 4.19. The van der Waals surface area contributed by atoms with Crippen LogP contribution in [0.3, 0.4) is 0 Å². The summed E-state index contributed by atoms with van der Waals surface area (Å²) in [5, 5.41) is 0. The Morgan fingerprint density at radius 1 is 0.816 bits per heavy atom. The van der Waals surface area contributed by atoms with Gasteiger partial charge >= 0.3 is 0 Å².